The van der Waals surface area contributed by atoms with Crippen LogP contribution in [0.15, 0.2) is 77.5 Å². The van der Waals surface area contributed by atoms with Crippen molar-refractivity contribution in [1.29, 1.82) is 0 Å². The molecule has 12 heteroatoms. The molecule has 3 aromatic rings. The fraction of sp³-hybridized carbons (Fsp3) is 0.474. The minimum atomic E-state index is -0.937. The average Bonchev–Trinajstić information content (AvgIpc) is 3.51. The highest BCUT2D eigenvalue weighted by Gasteiger charge is 2.51. The Labute approximate surface area is 292 Å². The summed E-state index contributed by atoms with van der Waals surface area (Å²) in [6.45, 7) is 7.83. The molecule has 50 heavy (non-hydrogen) atoms. The Morgan fingerprint density at radius 2 is 1.60 bits per heavy atom. The Balaban J connectivity index is 1.32. The Morgan fingerprint density at radius 3 is 2.20 bits per heavy atom. The van der Waals surface area contributed by atoms with Crippen LogP contribution in [0.4, 0.5) is 0 Å². The van der Waals surface area contributed by atoms with Crippen molar-refractivity contribution in [3.8, 4) is 0 Å². The first kappa shape index (κ1) is 36.4. The Bertz CT molecular complexity index is 1630. The predicted octanol–water partition coefficient (Wildman–Crippen LogP) is 2.94. The van der Waals surface area contributed by atoms with E-state index in [-0.39, 0.29) is 31.0 Å². The van der Waals surface area contributed by atoms with Gasteiger partial charge in [0.25, 0.3) is 0 Å². The van der Waals surface area contributed by atoms with E-state index in [1.54, 1.807) is 13.0 Å². The maximum atomic E-state index is 14.1. The van der Waals surface area contributed by atoms with Gasteiger partial charge in [-0.15, -0.1) is 0 Å². The van der Waals surface area contributed by atoms with Crippen molar-refractivity contribution in [2.24, 2.45) is 5.92 Å². The Kier molecular flexibility index (Phi) is 11.8. The van der Waals surface area contributed by atoms with Crippen molar-refractivity contribution in [2.75, 3.05) is 6.61 Å². The summed E-state index contributed by atoms with van der Waals surface area (Å²) >= 11 is 0. The third-order valence-electron chi connectivity index (χ3n) is 9.32. The molecule has 2 unspecified atom stereocenters. The second kappa shape index (κ2) is 16.2. The largest absolute Gasteiger partial charge is 0.364 e. The molecule has 0 bridgehead atoms. The van der Waals surface area contributed by atoms with Gasteiger partial charge < -0.3 is 30.1 Å². The van der Waals surface area contributed by atoms with Crippen molar-refractivity contribution >= 4 is 29.4 Å². The number of carbonyl (C=O) groups is 5. The number of aryl methyl sites for hydroxylation is 1. The first-order chi connectivity index (χ1) is 23.9. The molecule has 5 rings (SSSR count). The van der Waals surface area contributed by atoms with Crippen molar-refractivity contribution in [2.45, 2.75) is 102 Å². The summed E-state index contributed by atoms with van der Waals surface area (Å²) in [6, 6.07) is 16.6. The van der Waals surface area contributed by atoms with E-state index in [2.05, 4.69) is 21.1 Å². The number of hydrogen-bond acceptors (Lipinski definition) is 8. The zero-order valence-corrected chi connectivity index (χ0v) is 29.1. The number of ketones is 1. The number of Topliss-reactive ketones (excluding diaryl/α,β-unsaturated/α-hetero) is 1. The molecular weight excluding hydrogens is 638 g/mol. The lowest BCUT2D eigenvalue weighted by molar-refractivity contribution is -0.142. The first-order valence-corrected chi connectivity index (χ1v) is 17.3. The quantitative estimate of drug-likeness (QED) is 0.183. The molecule has 2 aliphatic heterocycles. The lowest BCUT2D eigenvalue weighted by Crippen LogP contribution is -2.57. The number of benzene rings is 2. The van der Waals surface area contributed by atoms with Crippen molar-refractivity contribution in [3.05, 3.63) is 89.8 Å². The molecule has 266 valence electrons. The fourth-order valence-corrected chi connectivity index (χ4v) is 6.51. The molecule has 3 heterocycles. The molecule has 2 fully saturated rings. The third-order valence-corrected chi connectivity index (χ3v) is 9.32. The summed E-state index contributed by atoms with van der Waals surface area (Å²) in [5, 5.41) is 12.4. The summed E-state index contributed by atoms with van der Waals surface area (Å²) in [6.07, 6.45) is 3.03. The van der Waals surface area contributed by atoms with Gasteiger partial charge in [-0.2, -0.15) is 0 Å². The van der Waals surface area contributed by atoms with Gasteiger partial charge in [0.05, 0.1) is 24.8 Å². The highest BCUT2D eigenvalue weighted by molar-refractivity contribution is 5.99. The van der Waals surface area contributed by atoms with Crippen LogP contribution in [0, 0.1) is 5.92 Å². The van der Waals surface area contributed by atoms with Crippen molar-refractivity contribution in [3.63, 3.8) is 0 Å². The molecule has 6 atom stereocenters. The van der Waals surface area contributed by atoms with Crippen LogP contribution >= 0.6 is 0 Å². The molecular formula is C38H47N5O7. The zero-order valence-electron chi connectivity index (χ0n) is 29.1. The highest BCUT2D eigenvalue weighted by Crippen LogP contribution is 2.30. The second-order valence-corrected chi connectivity index (χ2v) is 14.0. The number of aromatic nitrogens is 1. The number of amides is 4. The van der Waals surface area contributed by atoms with Crippen molar-refractivity contribution < 1.29 is 33.2 Å². The molecule has 2 aliphatic rings. The van der Waals surface area contributed by atoms with Crippen LogP contribution in [-0.2, 0) is 48.0 Å². The van der Waals surface area contributed by atoms with E-state index in [4.69, 9.17) is 9.26 Å². The van der Waals surface area contributed by atoms with Crippen LogP contribution in [0.2, 0.25) is 0 Å². The minimum Gasteiger partial charge on any atom is -0.364 e. The molecule has 4 amide bonds. The van der Waals surface area contributed by atoms with E-state index in [0.29, 0.717) is 31.6 Å². The molecule has 0 aliphatic carbocycles. The van der Waals surface area contributed by atoms with Crippen molar-refractivity contribution in [1.82, 2.24) is 26.0 Å². The molecule has 0 saturated carbocycles. The summed E-state index contributed by atoms with van der Waals surface area (Å²) in [5.41, 5.74) is 1.35. The third kappa shape index (κ3) is 9.44. The van der Waals surface area contributed by atoms with Gasteiger partial charge in [-0.25, -0.2) is 0 Å². The number of ether oxygens (including phenoxy) is 1. The van der Waals surface area contributed by atoms with Crippen LogP contribution in [0.1, 0.15) is 63.8 Å². The number of carbonyl (C=O) groups excluding carboxylic acids is 5. The minimum absolute atomic E-state index is 0.0688. The Hall–Kier alpha value is -4.84. The Morgan fingerprint density at radius 1 is 0.940 bits per heavy atom. The van der Waals surface area contributed by atoms with E-state index in [9.17, 15) is 24.0 Å². The van der Waals surface area contributed by atoms with E-state index >= 15 is 0 Å². The highest BCUT2D eigenvalue weighted by atomic mass is 16.6. The van der Waals surface area contributed by atoms with Gasteiger partial charge in [0.2, 0.25) is 23.6 Å². The van der Waals surface area contributed by atoms with Gasteiger partial charge in [-0.3, -0.25) is 24.0 Å². The number of nitrogens with one attached hydrogen (secondary N) is 3. The van der Waals surface area contributed by atoms with E-state index in [1.807, 2.05) is 81.4 Å². The number of epoxide rings is 1. The number of hydrogen-bond donors (Lipinski definition) is 3. The lowest BCUT2D eigenvalue weighted by atomic mass is 9.92. The van der Waals surface area contributed by atoms with Gasteiger partial charge in [0, 0.05) is 18.5 Å². The van der Waals surface area contributed by atoms with E-state index < -0.39 is 59.4 Å². The summed E-state index contributed by atoms with van der Waals surface area (Å²) in [7, 11) is 0. The van der Waals surface area contributed by atoms with Gasteiger partial charge in [0.1, 0.15) is 30.0 Å². The topological polar surface area (TPSA) is 163 Å². The molecule has 0 radical (unpaired) electrons. The second-order valence-electron chi connectivity index (χ2n) is 14.0. The maximum absolute atomic E-state index is 14.1. The van der Waals surface area contributed by atoms with Crippen LogP contribution in [-0.4, -0.2) is 81.9 Å². The van der Waals surface area contributed by atoms with Gasteiger partial charge in [-0.1, -0.05) is 79.7 Å². The average molecular weight is 686 g/mol. The molecule has 12 nitrogen and oxygen atoms in total. The monoisotopic (exact) mass is 685 g/mol. The molecule has 3 N–H and O–H groups in total. The van der Waals surface area contributed by atoms with Gasteiger partial charge in [-0.05, 0) is 56.6 Å². The lowest BCUT2D eigenvalue weighted by Gasteiger charge is -2.33. The van der Waals surface area contributed by atoms with Crippen LogP contribution in [0.25, 0.3) is 0 Å². The molecule has 0 spiro atoms. The van der Waals surface area contributed by atoms with Gasteiger partial charge in [0.15, 0.2) is 5.78 Å². The molecule has 2 aromatic carbocycles. The van der Waals surface area contributed by atoms with E-state index in [1.165, 1.54) is 11.2 Å². The SMILES string of the molecule is CC(C)C[C@H](NC(=O)[C@H](Cc1ccccc1)N1C(=O)[C@@H](NC(=O)[C@H](CCc2ccccc2)NC(=O)Cc2ccon2)CC1C)C(=O)C1(C)CO1. The molecule has 1 aromatic heterocycles. The normalized spacial score (nSPS) is 21.7. The number of nitrogens with zero attached hydrogens (tertiary/aromatic N) is 2. The summed E-state index contributed by atoms with van der Waals surface area (Å²) in [4.78, 5) is 69.9. The zero-order chi connectivity index (χ0) is 35.8. The smallest absolute Gasteiger partial charge is 0.246 e. The molecule has 2 saturated heterocycles. The fourth-order valence-electron chi connectivity index (χ4n) is 6.51. The van der Waals surface area contributed by atoms with Crippen LogP contribution < -0.4 is 16.0 Å². The van der Waals surface area contributed by atoms with Crippen LogP contribution in [0.5, 0.6) is 0 Å². The summed E-state index contributed by atoms with van der Waals surface area (Å²) < 4.78 is 10.2. The standard InChI is InChI=1S/C38H47N5O7/c1-24(2)19-30(34(45)38(4)23-49-38)40-36(47)32(21-27-13-9-6-10-14-27)43-25(3)20-31(37(43)48)41-35(46)29(16-15-26-11-7-5-8-12-26)39-33(44)22-28-17-18-50-42-28/h5-14,17-18,24-25,29-32H,15-16,19-23H2,1-4H3,(H,39,44)(H,40,47)(H,41,46)/t25?,29-,30-,31-,32-,38?/m0/s1. The van der Waals surface area contributed by atoms with Crippen LogP contribution in [0.3, 0.4) is 0 Å². The number of rotatable bonds is 17. The maximum Gasteiger partial charge on any atom is 0.246 e. The first-order valence-electron chi connectivity index (χ1n) is 17.3. The predicted molar refractivity (Wildman–Crippen MR) is 184 cm³/mol. The van der Waals surface area contributed by atoms with E-state index in [0.717, 1.165) is 11.1 Å². The summed E-state index contributed by atoms with van der Waals surface area (Å²) in [5.74, 6) is -1.80. The number of likely N-dealkylation sites (tertiary alicyclic amines) is 1. The van der Waals surface area contributed by atoms with Gasteiger partial charge >= 0.3 is 0 Å².